The molecule has 2 N–H and O–H groups in total. The van der Waals surface area contributed by atoms with Crippen molar-refractivity contribution in [3.8, 4) is 0 Å². The molecule has 7 heteroatoms. The first kappa shape index (κ1) is 21.6. The van der Waals surface area contributed by atoms with Gasteiger partial charge in [0.05, 0.1) is 10.6 Å². The molecule has 1 saturated heterocycles. The molecule has 1 aromatic rings. The lowest BCUT2D eigenvalue weighted by Crippen LogP contribution is -2.55. The largest absolute Gasteiger partial charge is 0.352 e. The zero-order valence-electron chi connectivity index (χ0n) is 17.1. The van der Waals surface area contributed by atoms with Crippen LogP contribution in [0.3, 0.4) is 0 Å². The minimum Gasteiger partial charge on any atom is -0.352 e. The Bertz CT molecular complexity index is 757. The van der Waals surface area contributed by atoms with Crippen LogP contribution in [0, 0.1) is 11.8 Å². The first-order chi connectivity index (χ1) is 13.9. The van der Waals surface area contributed by atoms with Crippen LogP contribution < -0.4 is 10.6 Å². The van der Waals surface area contributed by atoms with Crippen molar-refractivity contribution in [3.05, 3.63) is 34.9 Å². The van der Waals surface area contributed by atoms with E-state index >= 15 is 0 Å². The number of likely N-dealkylation sites (tertiary alicyclic amines) is 1. The van der Waals surface area contributed by atoms with E-state index in [1.807, 2.05) is 18.7 Å². The van der Waals surface area contributed by atoms with Crippen LogP contribution in [0.4, 0.5) is 0 Å². The van der Waals surface area contributed by atoms with Crippen LogP contribution >= 0.6 is 11.6 Å². The molecule has 6 nitrogen and oxygen atoms in total. The molecule has 1 heterocycles. The number of piperidine rings is 1. The fourth-order valence-corrected chi connectivity index (χ4v) is 3.96. The maximum atomic E-state index is 13.0. The Morgan fingerprint density at radius 3 is 2.34 bits per heavy atom. The predicted molar refractivity (Wildman–Crippen MR) is 113 cm³/mol. The molecule has 1 saturated carbocycles. The van der Waals surface area contributed by atoms with Crippen molar-refractivity contribution in [1.29, 1.82) is 0 Å². The molecule has 3 rings (SSSR count). The topological polar surface area (TPSA) is 78.5 Å². The quantitative estimate of drug-likeness (QED) is 0.713. The highest BCUT2D eigenvalue weighted by Crippen LogP contribution is 2.33. The van der Waals surface area contributed by atoms with Crippen molar-refractivity contribution in [2.45, 2.75) is 58.0 Å². The third-order valence-electron chi connectivity index (χ3n) is 5.94. The molecule has 1 aliphatic carbocycles. The molecule has 1 aliphatic heterocycles. The Balaban J connectivity index is 1.69. The molecule has 158 valence electrons. The van der Waals surface area contributed by atoms with E-state index in [4.69, 9.17) is 11.6 Å². The van der Waals surface area contributed by atoms with E-state index in [1.165, 1.54) is 0 Å². The van der Waals surface area contributed by atoms with E-state index in [0.29, 0.717) is 36.5 Å². The summed E-state index contributed by atoms with van der Waals surface area (Å²) in [5.74, 6) is -0.100. The summed E-state index contributed by atoms with van der Waals surface area (Å²) in [7, 11) is 0. The summed E-state index contributed by atoms with van der Waals surface area (Å²) in [6.45, 7) is 5.22. The van der Waals surface area contributed by atoms with Crippen LogP contribution in [0.25, 0.3) is 0 Å². The Morgan fingerprint density at radius 1 is 1.10 bits per heavy atom. The number of amides is 3. The Hall–Kier alpha value is -2.08. The highest BCUT2D eigenvalue weighted by Gasteiger charge is 2.38. The number of benzene rings is 1. The molecule has 0 bridgehead atoms. The fraction of sp³-hybridized carbons (Fsp3) is 0.591. The second kappa shape index (κ2) is 9.61. The van der Waals surface area contributed by atoms with Gasteiger partial charge in [0.2, 0.25) is 11.8 Å². The Morgan fingerprint density at radius 2 is 1.76 bits per heavy atom. The number of hydrogen-bond acceptors (Lipinski definition) is 3. The first-order valence-corrected chi connectivity index (χ1v) is 10.9. The smallest absolute Gasteiger partial charge is 0.253 e. The van der Waals surface area contributed by atoms with Crippen LogP contribution in [-0.2, 0) is 9.59 Å². The minimum absolute atomic E-state index is 0.0197. The molecule has 0 unspecified atom stereocenters. The number of hydrogen-bond donors (Lipinski definition) is 2. The average molecular weight is 420 g/mol. The van der Waals surface area contributed by atoms with Gasteiger partial charge in [0.15, 0.2) is 0 Å². The van der Waals surface area contributed by atoms with E-state index in [1.54, 1.807) is 24.3 Å². The van der Waals surface area contributed by atoms with Crippen LogP contribution in [0.1, 0.15) is 56.3 Å². The summed E-state index contributed by atoms with van der Waals surface area (Å²) in [6.07, 6.45) is 4.18. The molecule has 2 fully saturated rings. The van der Waals surface area contributed by atoms with Gasteiger partial charge in [-0.3, -0.25) is 14.4 Å². The van der Waals surface area contributed by atoms with Gasteiger partial charge in [0.25, 0.3) is 5.91 Å². The van der Waals surface area contributed by atoms with Gasteiger partial charge in [-0.2, -0.15) is 0 Å². The second-order valence-corrected chi connectivity index (χ2v) is 8.59. The van der Waals surface area contributed by atoms with E-state index in [0.717, 1.165) is 19.3 Å². The van der Waals surface area contributed by atoms with Gasteiger partial charge in [-0.1, -0.05) is 30.7 Å². The second-order valence-electron chi connectivity index (χ2n) is 8.19. The number of nitrogens with zero attached hydrogens (tertiary/aromatic N) is 1. The van der Waals surface area contributed by atoms with Gasteiger partial charge in [-0.05, 0) is 57.1 Å². The normalized spacial score (nSPS) is 19.3. The van der Waals surface area contributed by atoms with Crippen molar-refractivity contribution in [2.75, 3.05) is 13.1 Å². The maximum absolute atomic E-state index is 13.0. The zero-order valence-corrected chi connectivity index (χ0v) is 17.9. The molecule has 2 atom stereocenters. The van der Waals surface area contributed by atoms with Crippen LogP contribution in [0.5, 0.6) is 0 Å². The summed E-state index contributed by atoms with van der Waals surface area (Å²) in [5, 5.41) is 6.26. The van der Waals surface area contributed by atoms with Crippen molar-refractivity contribution in [2.24, 2.45) is 11.8 Å². The summed E-state index contributed by atoms with van der Waals surface area (Å²) in [6, 6.07) is 6.20. The van der Waals surface area contributed by atoms with E-state index < -0.39 is 6.04 Å². The molecular weight excluding hydrogens is 390 g/mol. The lowest BCUT2D eigenvalue weighted by Gasteiger charge is -2.36. The average Bonchev–Trinajstić information content (AvgIpc) is 3.57. The molecule has 0 radical (unpaired) electrons. The first-order valence-electron chi connectivity index (χ1n) is 10.5. The summed E-state index contributed by atoms with van der Waals surface area (Å²) in [4.78, 5) is 40.0. The molecule has 1 aromatic carbocycles. The molecule has 0 spiro atoms. The van der Waals surface area contributed by atoms with Gasteiger partial charge in [-0.15, -0.1) is 0 Å². The summed E-state index contributed by atoms with van der Waals surface area (Å²) >= 11 is 6.16. The van der Waals surface area contributed by atoms with Gasteiger partial charge in [-0.25, -0.2) is 0 Å². The molecule has 0 aromatic heterocycles. The Labute approximate surface area is 177 Å². The third kappa shape index (κ3) is 5.50. The van der Waals surface area contributed by atoms with Gasteiger partial charge < -0.3 is 15.5 Å². The number of halogens is 1. The van der Waals surface area contributed by atoms with Gasteiger partial charge in [0, 0.05) is 25.0 Å². The number of carbonyl (C=O) groups excluding carboxylic acids is 3. The van der Waals surface area contributed by atoms with Crippen molar-refractivity contribution in [3.63, 3.8) is 0 Å². The van der Waals surface area contributed by atoms with Crippen LogP contribution in [0.2, 0.25) is 5.02 Å². The maximum Gasteiger partial charge on any atom is 0.253 e. The number of carbonyl (C=O) groups is 3. The summed E-state index contributed by atoms with van der Waals surface area (Å²) in [5.41, 5.74) is 0.358. The Kier molecular flexibility index (Phi) is 7.17. The number of rotatable bonds is 7. The third-order valence-corrected chi connectivity index (χ3v) is 6.27. The molecule has 29 heavy (non-hydrogen) atoms. The van der Waals surface area contributed by atoms with Gasteiger partial charge >= 0.3 is 0 Å². The predicted octanol–water partition coefficient (Wildman–Crippen LogP) is 3.00. The monoisotopic (exact) mass is 419 g/mol. The zero-order chi connectivity index (χ0) is 21.0. The lowest BCUT2D eigenvalue weighted by molar-refractivity contribution is -0.134. The summed E-state index contributed by atoms with van der Waals surface area (Å²) < 4.78 is 0. The van der Waals surface area contributed by atoms with E-state index in [2.05, 4.69) is 10.6 Å². The van der Waals surface area contributed by atoms with E-state index in [9.17, 15) is 14.4 Å². The van der Waals surface area contributed by atoms with E-state index in [-0.39, 0.29) is 35.6 Å². The van der Waals surface area contributed by atoms with Crippen LogP contribution in [0.15, 0.2) is 24.3 Å². The standard InChI is InChI=1S/C22H30ClN3O3/c1-3-14(2)24-21(28)19(25-20(27)17-6-4-5-7-18(17)23)15-10-12-26(13-11-15)22(29)16-8-9-16/h4-7,14-16,19H,3,8-13H2,1-2H3,(H,24,28)(H,25,27)/t14-,19+/m1/s1. The lowest BCUT2D eigenvalue weighted by atomic mass is 9.88. The number of nitrogens with one attached hydrogen (secondary N) is 2. The fourth-order valence-electron chi connectivity index (χ4n) is 3.74. The van der Waals surface area contributed by atoms with Crippen molar-refractivity contribution < 1.29 is 14.4 Å². The highest BCUT2D eigenvalue weighted by molar-refractivity contribution is 6.33. The van der Waals surface area contributed by atoms with Crippen molar-refractivity contribution in [1.82, 2.24) is 15.5 Å². The van der Waals surface area contributed by atoms with Gasteiger partial charge in [0.1, 0.15) is 6.04 Å². The minimum atomic E-state index is -0.647. The van der Waals surface area contributed by atoms with Crippen molar-refractivity contribution >= 4 is 29.3 Å². The SMILES string of the molecule is CC[C@@H](C)NC(=O)[C@@H](NC(=O)c1ccccc1Cl)C1CCN(C(=O)C2CC2)CC1. The molecule has 2 aliphatic rings. The molecular formula is C22H30ClN3O3. The van der Waals surface area contributed by atoms with Crippen LogP contribution in [-0.4, -0.2) is 47.8 Å². The highest BCUT2D eigenvalue weighted by atomic mass is 35.5. The molecule has 3 amide bonds.